The van der Waals surface area contributed by atoms with Gasteiger partial charge in [-0.2, -0.15) is 21.6 Å². The molecule has 31 heteroatoms. The molecule has 5 atom stereocenters. The molecule has 0 saturated carbocycles. The molecule has 1 saturated heterocycles. The quantitative estimate of drug-likeness (QED) is 0.0128. The molecule has 0 aliphatic carbocycles. The minimum atomic E-state index is -5.77. The predicted molar refractivity (Wildman–Crippen MR) is 319 cm³/mol. The van der Waals surface area contributed by atoms with Gasteiger partial charge in [-0.3, -0.25) is 28.2 Å². The molecule has 7 N–H and O–H groups in total. The van der Waals surface area contributed by atoms with Crippen molar-refractivity contribution in [3.05, 3.63) is 158 Å². The summed E-state index contributed by atoms with van der Waals surface area (Å²) in [6.07, 6.45) is 12.7. The van der Waals surface area contributed by atoms with E-state index in [4.69, 9.17) is 19.3 Å². The maximum Gasteiger partial charge on any atom is 0.490 e. The first-order valence-corrected chi connectivity index (χ1v) is 34.6. The van der Waals surface area contributed by atoms with Crippen LogP contribution in [-0.4, -0.2) is 115 Å². The van der Waals surface area contributed by atoms with Crippen molar-refractivity contribution in [3.8, 4) is 17.6 Å². The normalized spacial score (nSPS) is 21.1. The summed E-state index contributed by atoms with van der Waals surface area (Å²) in [5.74, 6) is 5.42. The fourth-order valence-corrected chi connectivity index (χ4v) is 15.0. The number of amides is 1. The van der Waals surface area contributed by atoms with Gasteiger partial charge in [-0.05, 0) is 95.7 Å². The number of allylic oxidation sites excluding steroid dienone is 8. The molecule has 0 bridgehead atoms. The van der Waals surface area contributed by atoms with E-state index in [1.807, 2.05) is 55.5 Å². The zero-order valence-corrected chi connectivity index (χ0v) is 51.9. The van der Waals surface area contributed by atoms with E-state index < -0.39 is 95.9 Å². The van der Waals surface area contributed by atoms with E-state index in [2.05, 4.69) is 86.1 Å². The standard InChI is InChI=1S/C56H64N5O21P3S2/c1-6-61-47-33-49-44(32-43(47)37(2)34-55(61,3)4)39(30-48(80-49)38-16-9-7-10-17-38)18-11-8-12-20-50-56(5,45-31-42(87(75,76)77)23-24-46(45)59(50)28-15-29-86(72,73)74)26-13-21-51(62)57-27-14-19-40-35-60(54(64)58-53(40)63)52-25-22-41(79-52)36-78-84(68,69)82-85(70,71)81-83(65,66)67/h7-12,16-18,20,23-24,30-35,41,52H,6,13,15,21-22,25-29,36H2,1-5H3,(H7-,57,58,62,63,64,65,66,67,68,69,70,71,72,73,74,75,76,77)/t41-,52+,56?/m0/s1. The Bertz CT molecular complexity index is 4160. The number of nitrogens with one attached hydrogen (secondary N) is 2. The van der Waals surface area contributed by atoms with Crippen molar-refractivity contribution in [1.29, 1.82) is 0 Å². The van der Waals surface area contributed by atoms with Crippen LogP contribution in [0.2, 0.25) is 0 Å². The number of nitrogens with zero attached hydrogens (tertiary/aromatic N) is 3. The molecular weight excluding hydrogens is 1240 g/mol. The highest BCUT2D eigenvalue weighted by Gasteiger charge is 2.48. The number of carbonyl (C=O) groups is 1. The lowest BCUT2D eigenvalue weighted by Gasteiger charge is -2.43. The molecule has 26 nitrogen and oxygen atoms in total. The Kier molecular flexibility index (Phi) is 20.1. The SMILES string of the molecule is CCN1c2cc3c(cc2C(C)=CC1(C)C)C(=CC=CC=CC1=[N+](CCCS(=O)(=O)[O-])c2ccc(S(=O)(=O)O)cc2C1(C)CCCC(=O)NCC#Cc1cn([C@H]2CC[C@@H](COP(=O)(O)OP(=O)(O)OP(=O)(O)O)O2)c(=O)[nH]c1=O)C=C(c1ccccc1)O3. The number of phosphoric acid groups is 3. The Labute approximate surface area is 501 Å². The third-order valence-electron chi connectivity index (χ3n) is 14.7. The number of hydrogen-bond acceptors (Lipinski definition) is 17. The molecule has 4 aliphatic heterocycles. The molecule has 87 heavy (non-hydrogen) atoms. The minimum Gasteiger partial charge on any atom is -0.748 e. The first-order valence-electron chi connectivity index (χ1n) is 27.1. The number of carbonyl (C=O) groups excluding carboxylic acids is 1. The molecular formula is C56H64N5O21P3S2. The van der Waals surface area contributed by atoms with Crippen LogP contribution < -0.4 is 26.2 Å². The molecule has 0 spiro atoms. The zero-order valence-electron chi connectivity index (χ0n) is 47.6. The number of hydrogen-bond donors (Lipinski definition) is 7. The molecule has 1 aromatic heterocycles. The number of benzene rings is 3. The smallest absolute Gasteiger partial charge is 0.490 e. The van der Waals surface area contributed by atoms with Gasteiger partial charge >= 0.3 is 29.2 Å². The van der Waals surface area contributed by atoms with Gasteiger partial charge in [0.25, 0.3) is 15.7 Å². The molecule has 8 rings (SSSR count). The van der Waals surface area contributed by atoms with E-state index in [1.165, 1.54) is 18.2 Å². The van der Waals surface area contributed by atoms with Crippen LogP contribution in [0, 0.1) is 11.8 Å². The van der Waals surface area contributed by atoms with Crippen molar-refractivity contribution in [2.75, 3.05) is 36.9 Å². The number of fused-ring (bicyclic) bond motifs is 3. The summed E-state index contributed by atoms with van der Waals surface area (Å²) >= 11 is 0. The summed E-state index contributed by atoms with van der Waals surface area (Å²) in [6.45, 7) is 10.1. The van der Waals surface area contributed by atoms with Gasteiger partial charge in [0.1, 0.15) is 29.8 Å². The molecule has 1 fully saturated rings. The monoisotopic (exact) mass is 1300 g/mol. The van der Waals surface area contributed by atoms with Crippen molar-refractivity contribution in [2.45, 2.75) is 101 Å². The predicted octanol–water partition coefficient (Wildman–Crippen LogP) is 7.09. The number of aromatic nitrogens is 2. The van der Waals surface area contributed by atoms with Gasteiger partial charge in [-0.15, -0.1) is 0 Å². The van der Waals surface area contributed by atoms with Crippen LogP contribution in [0.5, 0.6) is 5.75 Å². The van der Waals surface area contributed by atoms with Gasteiger partial charge in [-0.25, -0.2) is 26.9 Å². The second-order valence-electron chi connectivity index (χ2n) is 21.4. The van der Waals surface area contributed by atoms with Gasteiger partial charge in [0, 0.05) is 77.5 Å². The summed E-state index contributed by atoms with van der Waals surface area (Å²) in [7, 11) is -26.2. The van der Waals surface area contributed by atoms with E-state index >= 15 is 0 Å². The molecule has 5 heterocycles. The third kappa shape index (κ3) is 16.6. The fourth-order valence-electron chi connectivity index (χ4n) is 11.0. The lowest BCUT2D eigenvalue weighted by Crippen LogP contribution is -2.44. The summed E-state index contributed by atoms with van der Waals surface area (Å²) in [4.78, 5) is 79.6. The average Bonchev–Trinajstić information content (AvgIpc) is 1.75. The number of likely N-dealkylation sites (N-methyl/N-ethyl adjacent to an activating group) is 1. The second kappa shape index (κ2) is 26.3. The van der Waals surface area contributed by atoms with Crippen LogP contribution in [0.15, 0.2) is 124 Å². The Morgan fingerprint density at radius 2 is 1.69 bits per heavy atom. The largest absolute Gasteiger partial charge is 0.748 e. The van der Waals surface area contributed by atoms with Crippen molar-refractivity contribution in [2.24, 2.45) is 0 Å². The van der Waals surface area contributed by atoms with Crippen LogP contribution in [0.3, 0.4) is 0 Å². The van der Waals surface area contributed by atoms with Crippen molar-refractivity contribution >= 4 is 83.6 Å². The van der Waals surface area contributed by atoms with Gasteiger partial charge in [0.15, 0.2) is 5.71 Å². The summed E-state index contributed by atoms with van der Waals surface area (Å²) in [6, 6.07) is 18.0. The van der Waals surface area contributed by atoms with Crippen LogP contribution in [0.1, 0.15) is 107 Å². The van der Waals surface area contributed by atoms with Gasteiger partial charge in [-0.1, -0.05) is 72.6 Å². The number of phosphoric ester groups is 1. The summed E-state index contributed by atoms with van der Waals surface area (Å²) in [5, 5.41) is 2.65. The number of aromatic amines is 1. The molecule has 4 aliphatic rings. The number of ether oxygens (including phenoxy) is 2. The Morgan fingerprint density at radius 3 is 2.38 bits per heavy atom. The Hall–Kier alpha value is -6.47. The highest BCUT2D eigenvalue weighted by molar-refractivity contribution is 7.86. The topological polar surface area (TPSA) is 380 Å². The van der Waals surface area contributed by atoms with E-state index in [9.17, 15) is 63.8 Å². The van der Waals surface area contributed by atoms with E-state index in [-0.39, 0.29) is 62.7 Å². The maximum absolute atomic E-state index is 13.4. The van der Waals surface area contributed by atoms with E-state index in [0.717, 1.165) is 50.8 Å². The molecule has 1 amide bonds. The molecule has 3 unspecified atom stereocenters. The molecule has 0 radical (unpaired) electrons. The third-order valence-corrected chi connectivity index (χ3v) is 20.1. The average molecular weight is 1300 g/mol. The maximum atomic E-state index is 13.4. The molecule has 466 valence electrons. The fraction of sp³-hybridized carbons (Fsp3) is 0.357. The van der Waals surface area contributed by atoms with Crippen LogP contribution in [0.25, 0.3) is 16.9 Å². The van der Waals surface area contributed by atoms with Gasteiger partial charge in [0.2, 0.25) is 11.6 Å². The molecule has 3 aromatic carbocycles. The van der Waals surface area contributed by atoms with Crippen molar-refractivity contribution in [1.82, 2.24) is 14.9 Å². The summed E-state index contributed by atoms with van der Waals surface area (Å²) in [5.41, 5.74) is 4.06. The first-order chi connectivity index (χ1) is 40.7. The Morgan fingerprint density at radius 1 is 0.954 bits per heavy atom. The minimum absolute atomic E-state index is 0.0203. The highest BCUT2D eigenvalue weighted by atomic mass is 32.2. The van der Waals surface area contributed by atoms with E-state index in [1.54, 1.807) is 22.8 Å². The zero-order chi connectivity index (χ0) is 63.5. The number of H-pyrrole nitrogens is 1. The van der Waals surface area contributed by atoms with Crippen LogP contribution in [-0.2, 0) is 62.0 Å². The van der Waals surface area contributed by atoms with Crippen molar-refractivity contribution < 1.29 is 91.2 Å². The van der Waals surface area contributed by atoms with Gasteiger partial charge < -0.3 is 43.8 Å². The van der Waals surface area contributed by atoms with Crippen LogP contribution in [0.4, 0.5) is 11.4 Å². The van der Waals surface area contributed by atoms with Gasteiger partial charge in [0.05, 0.1) is 45.2 Å². The lowest BCUT2D eigenvalue weighted by atomic mass is 9.75. The Balaban J connectivity index is 0.992. The van der Waals surface area contributed by atoms with Crippen molar-refractivity contribution in [3.63, 3.8) is 0 Å². The highest BCUT2D eigenvalue weighted by Crippen LogP contribution is 2.66. The first kappa shape index (κ1) is 66.5. The van der Waals surface area contributed by atoms with E-state index in [0.29, 0.717) is 28.5 Å². The second-order valence-corrected chi connectivity index (χ2v) is 28.8. The summed E-state index contributed by atoms with van der Waals surface area (Å²) < 4.78 is 133. The number of anilines is 1. The number of rotatable bonds is 23. The van der Waals surface area contributed by atoms with Crippen LogP contribution >= 0.6 is 23.5 Å². The molecule has 4 aromatic rings. The lowest BCUT2D eigenvalue weighted by molar-refractivity contribution is -0.437.